The summed E-state index contributed by atoms with van der Waals surface area (Å²) in [6.45, 7) is 4.88. The number of benzene rings is 1. The summed E-state index contributed by atoms with van der Waals surface area (Å²) in [6.07, 6.45) is 6.31. The number of pyridine rings is 1. The zero-order valence-electron chi connectivity index (χ0n) is 16.2. The predicted molar refractivity (Wildman–Crippen MR) is 107 cm³/mol. The molecule has 1 unspecified atom stereocenters. The molecule has 0 aliphatic rings. The molecule has 2 heterocycles. The number of hydrogen-bond acceptors (Lipinski definition) is 3. The number of aromatic nitrogens is 2. The molecule has 0 saturated carbocycles. The van der Waals surface area contributed by atoms with Crippen molar-refractivity contribution >= 4 is 11.6 Å². The molecule has 0 aliphatic heterocycles. The molecule has 5 nitrogen and oxygen atoms in total. The maximum absolute atomic E-state index is 12.6. The van der Waals surface area contributed by atoms with Gasteiger partial charge in [-0.15, -0.1) is 0 Å². The highest BCUT2D eigenvalue weighted by Gasteiger charge is 2.22. The van der Waals surface area contributed by atoms with Crippen LogP contribution in [0.15, 0.2) is 48.8 Å². The Morgan fingerprint density at radius 1 is 1.30 bits per heavy atom. The summed E-state index contributed by atoms with van der Waals surface area (Å²) in [5.41, 5.74) is 4.09. The molecule has 0 bridgehead atoms. The van der Waals surface area contributed by atoms with Crippen LogP contribution in [-0.4, -0.2) is 28.9 Å². The molecule has 0 aliphatic carbocycles. The Labute approximate surface area is 160 Å². The Kier molecular flexibility index (Phi) is 6.12. The first-order valence-corrected chi connectivity index (χ1v) is 9.47. The lowest BCUT2D eigenvalue weighted by molar-refractivity contribution is -0.121. The first-order valence-electron chi connectivity index (χ1n) is 9.47. The van der Waals surface area contributed by atoms with E-state index in [1.165, 1.54) is 0 Å². The topological polar surface area (TPSA) is 55.6 Å². The maximum atomic E-state index is 12.6. The van der Waals surface area contributed by atoms with Gasteiger partial charge in [-0.2, -0.15) is 0 Å². The molecule has 1 aromatic carbocycles. The van der Waals surface area contributed by atoms with Crippen molar-refractivity contribution in [2.75, 3.05) is 13.7 Å². The van der Waals surface area contributed by atoms with Gasteiger partial charge in [0.25, 0.3) is 0 Å². The summed E-state index contributed by atoms with van der Waals surface area (Å²) < 4.78 is 7.47. The van der Waals surface area contributed by atoms with Gasteiger partial charge in [-0.3, -0.25) is 4.79 Å². The van der Waals surface area contributed by atoms with Crippen molar-refractivity contribution in [3.8, 4) is 5.75 Å². The van der Waals surface area contributed by atoms with Gasteiger partial charge < -0.3 is 14.5 Å². The molecule has 2 aromatic heterocycles. The number of nitrogens with one attached hydrogen (secondary N) is 1. The Bertz CT molecular complexity index is 917. The summed E-state index contributed by atoms with van der Waals surface area (Å²) in [7, 11) is 1.66. The number of amides is 1. The number of nitrogens with zero attached hydrogens (tertiary/aromatic N) is 2. The zero-order valence-corrected chi connectivity index (χ0v) is 16.2. The summed E-state index contributed by atoms with van der Waals surface area (Å²) in [4.78, 5) is 17.2. The maximum Gasteiger partial charge on any atom is 0.221 e. The minimum Gasteiger partial charge on any atom is -0.497 e. The number of hydrogen-bond donors (Lipinski definition) is 1. The Balaban J connectivity index is 1.98. The molecule has 0 fully saturated rings. The SMILES string of the molecule is CCCCNC(=O)CC(c1cccc(OC)c1)c1cnc2c(C)cccn12. The molecular weight excluding hydrogens is 338 g/mol. The Morgan fingerprint density at radius 3 is 2.93 bits per heavy atom. The molecule has 1 amide bonds. The van der Waals surface area contributed by atoms with Crippen LogP contribution in [0.4, 0.5) is 0 Å². The fourth-order valence-electron chi connectivity index (χ4n) is 3.34. The monoisotopic (exact) mass is 365 g/mol. The lowest BCUT2D eigenvalue weighted by atomic mass is 9.92. The third-order valence-electron chi connectivity index (χ3n) is 4.85. The fraction of sp³-hybridized carbons (Fsp3) is 0.364. The predicted octanol–water partition coefficient (Wildman–Crippen LogP) is 4.09. The highest BCUT2D eigenvalue weighted by molar-refractivity contribution is 5.77. The standard InChI is InChI=1S/C22H27N3O2/c1-4-5-11-23-21(26)14-19(17-9-6-10-18(13-17)27-3)20-15-24-22-16(2)8-7-12-25(20)22/h6-10,12-13,15,19H,4-5,11,14H2,1-3H3,(H,23,26). The Morgan fingerprint density at radius 2 is 2.15 bits per heavy atom. The van der Waals surface area contributed by atoms with Gasteiger partial charge in [0.2, 0.25) is 5.91 Å². The van der Waals surface area contributed by atoms with Crippen molar-refractivity contribution in [3.05, 3.63) is 65.6 Å². The normalized spacial score (nSPS) is 12.1. The number of imidazole rings is 1. The zero-order chi connectivity index (χ0) is 19.2. The van der Waals surface area contributed by atoms with Crippen LogP contribution in [0, 0.1) is 6.92 Å². The molecule has 142 valence electrons. The van der Waals surface area contributed by atoms with E-state index in [2.05, 4.69) is 21.6 Å². The molecule has 5 heteroatoms. The molecule has 1 atom stereocenters. The second kappa shape index (κ2) is 8.71. The Hall–Kier alpha value is -2.82. The highest BCUT2D eigenvalue weighted by atomic mass is 16.5. The second-order valence-corrected chi connectivity index (χ2v) is 6.80. The van der Waals surface area contributed by atoms with E-state index in [1.807, 2.05) is 55.7 Å². The second-order valence-electron chi connectivity index (χ2n) is 6.80. The lowest BCUT2D eigenvalue weighted by Crippen LogP contribution is -2.26. The van der Waals surface area contributed by atoms with E-state index in [9.17, 15) is 4.79 Å². The van der Waals surface area contributed by atoms with Crippen LogP contribution in [0.3, 0.4) is 0 Å². The summed E-state index contributed by atoms with van der Waals surface area (Å²) in [5, 5.41) is 3.03. The van der Waals surface area contributed by atoms with Crippen LogP contribution in [0.2, 0.25) is 0 Å². The van der Waals surface area contributed by atoms with E-state index in [1.54, 1.807) is 7.11 Å². The molecule has 3 rings (SSSR count). The number of methoxy groups -OCH3 is 1. The molecule has 0 radical (unpaired) electrons. The summed E-state index contributed by atoms with van der Waals surface area (Å²) >= 11 is 0. The van der Waals surface area contributed by atoms with E-state index in [0.717, 1.165) is 41.1 Å². The van der Waals surface area contributed by atoms with Crippen LogP contribution < -0.4 is 10.1 Å². The van der Waals surface area contributed by atoms with Gasteiger partial charge in [-0.25, -0.2) is 4.98 Å². The number of ether oxygens (including phenoxy) is 1. The lowest BCUT2D eigenvalue weighted by Gasteiger charge is -2.18. The molecule has 0 spiro atoms. The first-order chi connectivity index (χ1) is 13.1. The van der Waals surface area contributed by atoms with Crippen LogP contribution in [-0.2, 0) is 4.79 Å². The number of aryl methyl sites for hydroxylation is 1. The van der Waals surface area contributed by atoms with Crippen molar-refractivity contribution in [2.24, 2.45) is 0 Å². The van der Waals surface area contributed by atoms with Gasteiger partial charge in [0.15, 0.2) is 0 Å². The van der Waals surface area contributed by atoms with Gasteiger partial charge >= 0.3 is 0 Å². The highest BCUT2D eigenvalue weighted by Crippen LogP contribution is 2.31. The summed E-state index contributed by atoms with van der Waals surface area (Å²) in [5.74, 6) is 0.742. The minimum absolute atomic E-state index is 0.0545. The van der Waals surface area contributed by atoms with Gasteiger partial charge in [-0.05, 0) is 42.7 Å². The first kappa shape index (κ1) is 19.0. The van der Waals surface area contributed by atoms with Gasteiger partial charge in [0.1, 0.15) is 11.4 Å². The van der Waals surface area contributed by atoms with E-state index < -0.39 is 0 Å². The third-order valence-corrected chi connectivity index (χ3v) is 4.85. The molecule has 27 heavy (non-hydrogen) atoms. The summed E-state index contributed by atoms with van der Waals surface area (Å²) in [6, 6.07) is 12.0. The minimum atomic E-state index is -0.0986. The number of carbonyl (C=O) groups is 1. The van der Waals surface area contributed by atoms with Crippen molar-refractivity contribution in [1.29, 1.82) is 0 Å². The average molecular weight is 365 g/mol. The van der Waals surface area contributed by atoms with Crippen LogP contribution in [0.25, 0.3) is 5.65 Å². The quantitative estimate of drug-likeness (QED) is 0.612. The number of unbranched alkanes of at least 4 members (excludes halogenated alkanes) is 1. The molecular formula is C22H27N3O2. The van der Waals surface area contributed by atoms with E-state index in [4.69, 9.17) is 4.74 Å². The smallest absolute Gasteiger partial charge is 0.221 e. The van der Waals surface area contributed by atoms with E-state index >= 15 is 0 Å². The van der Waals surface area contributed by atoms with Crippen LogP contribution >= 0.6 is 0 Å². The van der Waals surface area contributed by atoms with E-state index in [-0.39, 0.29) is 11.8 Å². The van der Waals surface area contributed by atoms with Crippen LogP contribution in [0.1, 0.15) is 48.9 Å². The average Bonchev–Trinajstić information content (AvgIpc) is 3.11. The van der Waals surface area contributed by atoms with E-state index in [0.29, 0.717) is 13.0 Å². The van der Waals surface area contributed by atoms with Crippen LogP contribution in [0.5, 0.6) is 5.75 Å². The van der Waals surface area contributed by atoms with Gasteiger partial charge in [0, 0.05) is 31.3 Å². The third kappa shape index (κ3) is 4.30. The van der Waals surface area contributed by atoms with Gasteiger partial charge in [-0.1, -0.05) is 31.5 Å². The fourth-order valence-corrected chi connectivity index (χ4v) is 3.34. The number of fused-ring (bicyclic) bond motifs is 1. The van der Waals surface area contributed by atoms with Gasteiger partial charge in [0.05, 0.1) is 12.8 Å². The molecule has 3 aromatic rings. The number of carbonyl (C=O) groups excluding carboxylic acids is 1. The van der Waals surface area contributed by atoms with Crippen molar-refractivity contribution in [1.82, 2.24) is 14.7 Å². The van der Waals surface area contributed by atoms with Crippen molar-refractivity contribution in [3.63, 3.8) is 0 Å². The molecule has 1 N–H and O–H groups in total. The largest absolute Gasteiger partial charge is 0.497 e. The van der Waals surface area contributed by atoms with Crippen molar-refractivity contribution in [2.45, 2.75) is 39.0 Å². The number of rotatable bonds is 8. The molecule has 0 saturated heterocycles. The van der Waals surface area contributed by atoms with Crippen molar-refractivity contribution < 1.29 is 9.53 Å².